The van der Waals surface area contributed by atoms with E-state index in [0.717, 1.165) is 42.7 Å². The minimum atomic E-state index is -3.46. The number of hydrogen-bond acceptors (Lipinski definition) is 8. The predicted octanol–water partition coefficient (Wildman–Crippen LogP) is 1.54. The number of piperazine rings is 1. The highest BCUT2D eigenvalue weighted by atomic mass is 32.2. The highest BCUT2D eigenvalue weighted by Crippen LogP contribution is 2.24. The van der Waals surface area contributed by atoms with E-state index in [1.807, 2.05) is 18.2 Å². The fraction of sp³-hybridized carbons (Fsp3) is 0.500. The molecule has 2 fully saturated rings. The van der Waals surface area contributed by atoms with Crippen LogP contribution in [0.3, 0.4) is 0 Å². The molecule has 2 aromatic rings. The van der Waals surface area contributed by atoms with Crippen LogP contribution in [0.2, 0.25) is 0 Å². The molecule has 0 amide bonds. The standard InChI is InChI=1S/C20H27N5O3S2/c1-23-8-10-24(11-9-23)19-6-7-21-20(22-19)29-16-17-2-4-18(5-3-17)30(26,27)25-12-14-28-15-13-25/h2-7H,8-16H2,1H3. The maximum atomic E-state index is 12.7. The molecule has 0 atom stereocenters. The number of anilines is 1. The number of morpholine rings is 1. The average molecular weight is 450 g/mol. The van der Waals surface area contributed by atoms with Crippen LogP contribution in [0.1, 0.15) is 5.56 Å². The van der Waals surface area contributed by atoms with Crippen molar-refractivity contribution in [2.45, 2.75) is 15.8 Å². The molecule has 0 aliphatic carbocycles. The van der Waals surface area contributed by atoms with Crippen molar-refractivity contribution in [2.24, 2.45) is 0 Å². The number of hydrogen-bond donors (Lipinski definition) is 0. The Bertz CT molecular complexity index is 941. The van der Waals surface area contributed by atoms with Gasteiger partial charge in [-0.15, -0.1) is 0 Å². The molecule has 30 heavy (non-hydrogen) atoms. The average Bonchev–Trinajstić information content (AvgIpc) is 2.79. The highest BCUT2D eigenvalue weighted by molar-refractivity contribution is 7.98. The van der Waals surface area contributed by atoms with Crippen LogP contribution in [0.5, 0.6) is 0 Å². The number of nitrogens with zero attached hydrogens (tertiary/aromatic N) is 5. The van der Waals surface area contributed by atoms with E-state index < -0.39 is 10.0 Å². The molecule has 1 aromatic heterocycles. The Morgan fingerprint density at radius 2 is 1.70 bits per heavy atom. The molecular formula is C20H27N5O3S2. The normalized spacial score (nSPS) is 19.2. The van der Waals surface area contributed by atoms with Gasteiger partial charge in [-0.3, -0.25) is 0 Å². The minimum Gasteiger partial charge on any atom is -0.379 e. The van der Waals surface area contributed by atoms with Crippen molar-refractivity contribution >= 4 is 27.6 Å². The summed E-state index contributed by atoms with van der Waals surface area (Å²) in [6, 6.07) is 9.06. The molecule has 0 radical (unpaired) electrons. The summed E-state index contributed by atoms with van der Waals surface area (Å²) < 4.78 is 32.2. The Morgan fingerprint density at radius 3 is 2.40 bits per heavy atom. The smallest absolute Gasteiger partial charge is 0.243 e. The van der Waals surface area contributed by atoms with Gasteiger partial charge in [-0.1, -0.05) is 23.9 Å². The summed E-state index contributed by atoms with van der Waals surface area (Å²) in [5.74, 6) is 1.65. The number of thioether (sulfide) groups is 1. The molecule has 2 aliphatic heterocycles. The van der Waals surface area contributed by atoms with Gasteiger partial charge in [-0.05, 0) is 30.8 Å². The van der Waals surface area contributed by atoms with Gasteiger partial charge < -0.3 is 14.5 Å². The molecular weight excluding hydrogens is 422 g/mol. The molecule has 0 bridgehead atoms. The topological polar surface area (TPSA) is 78.9 Å². The first kappa shape index (κ1) is 21.5. The van der Waals surface area contributed by atoms with Crippen molar-refractivity contribution in [2.75, 3.05) is 64.4 Å². The van der Waals surface area contributed by atoms with Crippen LogP contribution in [-0.4, -0.2) is 87.1 Å². The predicted molar refractivity (Wildman–Crippen MR) is 117 cm³/mol. The monoisotopic (exact) mass is 449 g/mol. The van der Waals surface area contributed by atoms with Crippen LogP contribution in [-0.2, 0) is 20.5 Å². The Kier molecular flexibility index (Phi) is 6.89. The first-order chi connectivity index (χ1) is 14.5. The lowest BCUT2D eigenvalue weighted by molar-refractivity contribution is 0.0730. The van der Waals surface area contributed by atoms with Crippen molar-refractivity contribution in [3.05, 3.63) is 42.1 Å². The Labute approximate surface area is 182 Å². The molecule has 0 spiro atoms. The largest absolute Gasteiger partial charge is 0.379 e. The SMILES string of the molecule is CN1CCN(c2ccnc(SCc3ccc(S(=O)(=O)N4CCOCC4)cc3)n2)CC1. The van der Waals surface area contributed by atoms with E-state index in [9.17, 15) is 8.42 Å². The van der Waals surface area contributed by atoms with Crippen LogP contribution < -0.4 is 4.90 Å². The van der Waals surface area contributed by atoms with Gasteiger partial charge >= 0.3 is 0 Å². The van der Waals surface area contributed by atoms with E-state index in [1.165, 1.54) is 4.31 Å². The zero-order valence-electron chi connectivity index (χ0n) is 17.1. The molecule has 0 N–H and O–H groups in total. The molecule has 8 nitrogen and oxygen atoms in total. The Morgan fingerprint density at radius 1 is 1.00 bits per heavy atom. The number of ether oxygens (including phenoxy) is 1. The van der Waals surface area contributed by atoms with Crippen molar-refractivity contribution in [1.82, 2.24) is 19.2 Å². The second-order valence-corrected chi connectivity index (χ2v) is 10.3. The van der Waals surface area contributed by atoms with Gasteiger partial charge in [0.1, 0.15) is 5.82 Å². The summed E-state index contributed by atoms with van der Waals surface area (Å²) >= 11 is 1.56. The van der Waals surface area contributed by atoms with Crippen LogP contribution in [0.15, 0.2) is 46.6 Å². The summed E-state index contributed by atoms with van der Waals surface area (Å²) in [6.45, 7) is 5.70. The third-order valence-electron chi connectivity index (χ3n) is 5.35. The lowest BCUT2D eigenvalue weighted by Gasteiger charge is -2.33. The second-order valence-electron chi connectivity index (χ2n) is 7.44. The summed E-state index contributed by atoms with van der Waals surface area (Å²) in [5.41, 5.74) is 1.04. The van der Waals surface area contributed by atoms with E-state index in [-0.39, 0.29) is 0 Å². The van der Waals surface area contributed by atoms with Crippen LogP contribution in [0.4, 0.5) is 5.82 Å². The number of likely N-dealkylation sites (N-methyl/N-ethyl adjacent to an activating group) is 1. The number of rotatable bonds is 6. The summed E-state index contributed by atoms with van der Waals surface area (Å²) in [4.78, 5) is 14.0. The van der Waals surface area contributed by atoms with Crippen LogP contribution in [0.25, 0.3) is 0 Å². The first-order valence-corrected chi connectivity index (χ1v) is 12.5. The van der Waals surface area contributed by atoms with E-state index in [0.29, 0.717) is 37.0 Å². The van der Waals surface area contributed by atoms with E-state index in [1.54, 1.807) is 30.1 Å². The fourth-order valence-corrected chi connectivity index (χ4v) is 5.64. The third kappa shape index (κ3) is 5.12. The van der Waals surface area contributed by atoms with Crippen LogP contribution in [0, 0.1) is 0 Å². The Hall–Kier alpha value is -1.72. The molecule has 1 aromatic carbocycles. The minimum absolute atomic E-state index is 0.325. The quantitative estimate of drug-likeness (QED) is 0.486. The van der Waals surface area contributed by atoms with E-state index in [4.69, 9.17) is 9.72 Å². The van der Waals surface area contributed by atoms with Crippen molar-refractivity contribution in [3.8, 4) is 0 Å². The molecule has 3 heterocycles. The van der Waals surface area contributed by atoms with Crippen molar-refractivity contribution in [1.29, 1.82) is 0 Å². The van der Waals surface area contributed by atoms with Gasteiger partial charge in [-0.25, -0.2) is 18.4 Å². The third-order valence-corrected chi connectivity index (χ3v) is 8.19. The highest BCUT2D eigenvalue weighted by Gasteiger charge is 2.26. The van der Waals surface area contributed by atoms with Crippen LogP contribution >= 0.6 is 11.8 Å². The molecule has 0 saturated carbocycles. The fourth-order valence-electron chi connectivity index (χ4n) is 3.45. The summed E-state index contributed by atoms with van der Waals surface area (Å²) in [5, 5.41) is 0.733. The summed E-state index contributed by atoms with van der Waals surface area (Å²) in [7, 11) is -1.32. The first-order valence-electron chi connectivity index (χ1n) is 10.1. The molecule has 4 rings (SSSR count). The van der Waals surface area contributed by atoms with Gasteiger partial charge in [0.05, 0.1) is 18.1 Å². The van der Waals surface area contributed by atoms with Gasteiger partial charge in [0, 0.05) is 51.2 Å². The lowest BCUT2D eigenvalue weighted by Crippen LogP contribution is -2.44. The summed E-state index contributed by atoms with van der Waals surface area (Å²) in [6.07, 6.45) is 1.81. The van der Waals surface area contributed by atoms with Gasteiger partial charge in [-0.2, -0.15) is 4.31 Å². The number of benzene rings is 1. The van der Waals surface area contributed by atoms with Gasteiger partial charge in [0.2, 0.25) is 10.0 Å². The van der Waals surface area contributed by atoms with Crippen molar-refractivity contribution in [3.63, 3.8) is 0 Å². The lowest BCUT2D eigenvalue weighted by atomic mass is 10.2. The Balaban J connectivity index is 1.37. The molecule has 162 valence electrons. The zero-order valence-corrected chi connectivity index (χ0v) is 18.7. The number of aromatic nitrogens is 2. The van der Waals surface area contributed by atoms with Crippen molar-refractivity contribution < 1.29 is 13.2 Å². The van der Waals surface area contributed by atoms with E-state index >= 15 is 0 Å². The maximum Gasteiger partial charge on any atom is 0.243 e. The molecule has 2 aliphatic rings. The van der Waals surface area contributed by atoms with Gasteiger partial charge in [0.25, 0.3) is 0 Å². The molecule has 10 heteroatoms. The number of sulfonamides is 1. The second kappa shape index (κ2) is 9.61. The van der Waals surface area contributed by atoms with E-state index in [2.05, 4.69) is 21.8 Å². The molecule has 2 saturated heterocycles. The van der Waals surface area contributed by atoms with Gasteiger partial charge in [0.15, 0.2) is 5.16 Å². The molecule has 0 unspecified atom stereocenters. The maximum absolute atomic E-state index is 12.7. The zero-order chi connectivity index (χ0) is 21.0.